The minimum absolute atomic E-state index is 0.493. The van der Waals surface area contributed by atoms with Gasteiger partial charge >= 0.3 is 0 Å². The Hall–Kier alpha value is -2.42. The second-order valence-electron chi connectivity index (χ2n) is 4.28. The fourth-order valence-electron chi connectivity index (χ4n) is 2.17. The summed E-state index contributed by atoms with van der Waals surface area (Å²) >= 11 is 0. The molecule has 1 heterocycles. The van der Waals surface area contributed by atoms with Gasteiger partial charge in [-0.1, -0.05) is 36.4 Å². The van der Waals surface area contributed by atoms with Gasteiger partial charge in [-0.25, -0.2) is 9.97 Å². The molecule has 0 aliphatic carbocycles. The maximum Gasteiger partial charge on any atom is 0.162 e. The molecule has 0 saturated carbocycles. The fraction of sp³-hybridized carbons (Fsp3) is 0.0667. The number of benzene rings is 2. The Kier molecular flexibility index (Phi) is 2.45. The van der Waals surface area contributed by atoms with Gasteiger partial charge in [0.1, 0.15) is 5.82 Å². The number of hydrogen-bond donors (Lipinski definition) is 1. The number of aromatic nitrogens is 2. The third-order valence-electron chi connectivity index (χ3n) is 3.04. The van der Waals surface area contributed by atoms with E-state index in [9.17, 15) is 0 Å². The van der Waals surface area contributed by atoms with Gasteiger partial charge in [0.2, 0.25) is 0 Å². The Morgan fingerprint density at radius 3 is 2.67 bits per heavy atom. The number of fused-ring (bicyclic) bond motifs is 1. The second kappa shape index (κ2) is 4.11. The number of nitrogens with zero attached hydrogens (tertiary/aromatic N) is 2. The molecule has 18 heavy (non-hydrogen) atoms. The first-order chi connectivity index (χ1) is 8.75. The van der Waals surface area contributed by atoms with Gasteiger partial charge in [0.15, 0.2) is 5.82 Å². The van der Waals surface area contributed by atoms with Crippen molar-refractivity contribution in [3.63, 3.8) is 0 Å². The minimum Gasteiger partial charge on any atom is -0.384 e. The van der Waals surface area contributed by atoms with Crippen LogP contribution in [-0.4, -0.2) is 9.97 Å². The van der Waals surface area contributed by atoms with Crippen LogP contribution in [0.4, 0.5) is 5.82 Å². The zero-order chi connectivity index (χ0) is 12.5. The van der Waals surface area contributed by atoms with Gasteiger partial charge in [-0.15, -0.1) is 0 Å². The summed E-state index contributed by atoms with van der Waals surface area (Å²) in [5.74, 6) is 1.18. The maximum absolute atomic E-state index is 5.74. The molecule has 2 N–H and O–H groups in total. The van der Waals surface area contributed by atoms with Crippen molar-refractivity contribution in [2.45, 2.75) is 6.92 Å². The molecule has 0 atom stereocenters. The number of hydrogen-bond acceptors (Lipinski definition) is 3. The standard InChI is InChI=1S/C15H13N3/c1-10-6-7-11-4-2-3-5-12(11)14(10)15-17-9-8-13(16)18-15/h2-9H,1H3,(H2,16,17,18). The molecule has 3 nitrogen and oxygen atoms in total. The summed E-state index contributed by atoms with van der Waals surface area (Å²) in [6.07, 6.45) is 1.69. The van der Waals surface area contributed by atoms with E-state index in [4.69, 9.17) is 5.73 Å². The molecule has 0 aliphatic heterocycles. The lowest BCUT2D eigenvalue weighted by Gasteiger charge is -2.09. The average molecular weight is 235 g/mol. The fourth-order valence-corrected chi connectivity index (χ4v) is 2.17. The predicted octanol–water partition coefficient (Wildman–Crippen LogP) is 3.19. The van der Waals surface area contributed by atoms with Crippen molar-refractivity contribution in [2.24, 2.45) is 0 Å². The predicted molar refractivity (Wildman–Crippen MR) is 74.1 cm³/mol. The Morgan fingerprint density at radius 1 is 1.00 bits per heavy atom. The number of rotatable bonds is 1. The Morgan fingerprint density at radius 2 is 1.83 bits per heavy atom. The van der Waals surface area contributed by atoms with E-state index < -0.39 is 0 Å². The number of nitrogen functional groups attached to an aromatic ring is 1. The highest BCUT2D eigenvalue weighted by molar-refractivity contribution is 5.96. The quantitative estimate of drug-likeness (QED) is 0.704. The van der Waals surface area contributed by atoms with Gasteiger partial charge in [-0.2, -0.15) is 0 Å². The van der Waals surface area contributed by atoms with E-state index in [2.05, 4.69) is 41.2 Å². The van der Waals surface area contributed by atoms with E-state index in [1.54, 1.807) is 12.3 Å². The van der Waals surface area contributed by atoms with Crippen LogP contribution in [0, 0.1) is 6.92 Å². The van der Waals surface area contributed by atoms with E-state index in [0.29, 0.717) is 11.6 Å². The van der Waals surface area contributed by atoms with Crippen LogP contribution in [0.5, 0.6) is 0 Å². The second-order valence-corrected chi connectivity index (χ2v) is 4.28. The van der Waals surface area contributed by atoms with Crippen molar-refractivity contribution in [1.29, 1.82) is 0 Å². The Bertz CT molecular complexity index is 720. The summed E-state index contributed by atoms with van der Waals surface area (Å²) in [6, 6.07) is 14.1. The average Bonchev–Trinajstić information content (AvgIpc) is 2.38. The molecule has 1 aromatic heterocycles. The van der Waals surface area contributed by atoms with Crippen LogP contribution in [0.1, 0.15) is 5.56 Å². The maximum atomic E-state index is 5.74. The molecule has 88 valence electrons. The summed E-state index contributed by atoms with van der Waals surface area (Å²) in [6.45, 7) is 2.06. The van der Waals surface area contributed by atoms with E-state index >= 15 is 0 Å². The van der Waals surface area contributed by atoms with Gasteiger partial charge in [-0.3, -0.25) is 0 Å². The number of anilines is 1. The minimum atomic E-state index is 0.493. The molecule has 0 unspecified atom stereocenters. The van der Waals surface area contributed by atoms with Crippen LogP contribution in [0.2, 0.25) is 0 Å². The van der Waals surface area contributed by atoms with Crippen LogP contribution in [-0.2, 0) is 0 Å². The largest absolute Gasteiger partial charge is 0.384 e. The lowest BCUT2D eigenvalue weighted by Crippen LogP contribution is -1.96. The third kappa shape index (κ3) is 1.70. The van der Waals surface area contributed by atoms with Crippen molar-refractivity contribution < 1.29 is 0 Å². The Balaban J connectivity index is 2.37. The number of nitrogens with two attached hydrogens (primary N) is 1. The van der Waals surface area contributed by atoms with Crippen molar-refractivity contribution in [3.8, 4) is 11.4 Å². The van der Waals surface area contributed by atoms with Gasteiger partial charge in [-0.05, 0) is 29.3 Å². The van der Waals surface area contributed by atoms with Crippen LogP contribution in [0.15, 0.2) is 48.7 Å². The van der Waals surface area contributed by atoms with E-state index in [-0.39, 0.29) is 0 Å². The first-order valence-electron chi connectivity index (χ1n) is 5.83. The van der Waals surface area contributed by atoms with Gasteiger partial charge in [0.05, 0.1) is 0 Å². The van der Waals surface area contributed by atoms with Crippen LogP contribution >= 0.6 is 0 Å². The third-order valence-corrected chi connectivity index (χ3v) is 3.04. The van der Waals surface area contributed by atoms with Crippen molar-refractivity contribution in [2.75, 3.05) is 5.73 Å². The summed E-state index contributed by atoms with van der Waals surface area (Å²) in [7, 11) is 0. The van der Waals surface area contributed by atoms with E-state index in [1.165, 1.54) is 5.39 Å². The molecule has 0 fully saturated rings. The van der Waals surface area contributed by atoms with Crippen LogP contribution in [0.3, 0.4) is 0 Å². The summed E-state index contributed by atoms with van der Waals surface area (Å²) in [4.78, 5) is 8.65. The molecular weight excluding hydrogens is 222 g/mol. The molecule has 3 aromatic rings. The molecule has 3 rings (SSSR count). The molecule has 3 heteroatoms. The molecule has 0 spiro atoms. The zero-order valence-electron chi connectivity index (χ0n) is 10.1. The molecule has 0 aliphatic rings. The molecule has 0 amide bonds. The monoisotopic (exact) mass is 235 g/mol. The van der Waals surface area contributed by atoms with Crippen LogP contribution < -0.4 is 5.73 Å². The van der Waals surface area contributed by atoms with Gasteiger partial charge in [0, 0.05) is 11.8 Å². The van der Waals surface area contributed by atoms with Crippen LogP contribution in [0.25, 0.3) is 22.2 Å². The van der Waals surface area contributed by atoms with Gasteiger partial charge < -0.3 is 5.73 Å². The van der Waals surface area contributed by atoms with E-state index in [0.717, 1.165) is 16.5 Å². The summed E-state index contributed by atoms with van der Waals surface area (Å²) < 4.78 is 0. The summed E-state index contributed by atoms with van der Waals surface area (Å²) in [5, 5.41) is 2.34. The molecular formula is C15H13N3. The zero-order valence-corrected chi connectivity index (χ0v) is 10.1. The number of aryl methyl sites for hydroxylation is 1. The first-order valence-corrected chi connectivity index (χ1v) is 5.83. The highest BCUT2D eigenvalue weighted by Crippen LogP contribution is 2.29. The lowest BCUT2D eigenvalue weighted by molar-refractivity contribution is 1.18. The van der Waals surface area contributed by atoms with Crippen molar-refractivity contribution in [1.82, 2.24) is 9.97 Å². The molecule has 0 saturated heterocycles. The normalized spacial score (nSPS) is 10.7. The Labute approximate surface area is 105 Å². The van der Waals surface area contributed by atoms with Crippen molar-refractivity contribution >= 4 is 16.6 Å². The van der Waals surface area contributed by atoms with E-state index in [1.807, 2.05) is 12.1 Å². The van der Waals surface area contributed by atoms with Gasteiger partial charge in [0.25, 0.3) is 0 Å². The highest BCUT2D eigenvalue weighted by atomic mass is 14.9. The smallest absolute Gasteiger partial charge is 0.162 e. The summed E-state index contributed by atoms with van der Waals surface area (Å²) in [5.41, 5.74) is 7.95. The molecule has 0 bridgehead atoms. The molecule has 2 aromatic carbocycles. The van der Waals surface area contributed by atoms with Crippen molar-refractivity contribution in [3.05, 3.63) is 54.2 Å². The molecule has 0 radical (unpaired) electrons. The lowest BCUT2D eigenvalue weighted by atomic mass is 9.99. The highest BCUT2D eigenvalue weighted by Gasteiger charge is 2.09. The first kappa shape index (κ1) is 10.7. The SMILES string of the molecule is Cc1ccc2ccccc2c1-c1nccc(N)n1. The topological polar surface area (TPSA) is 51.8 Å².